The Labute approximate surface area is 155 Å². The van der Waals surface area contributed by atoms with Gasteiger partial charge in [0.25, 0.3) is 0 Å². The van der Waals surface area contributed by atoms with E-state index in [-0.39, 0.29) is 5.43 Å². The Kier molecular flexibility index (Phi) is 5.30. The van der Waals surface area contributed by atoms with Crippen molar-refractivity contribution in [2.24, 2.45) is 0 Å². The SMILES string of the molecule is CN1CCCCC1CCOc1ccc2c(=O)c(C3CCCC3)coc2c1. The Hall–Kier alpha value is -1.81. The average Bonchev–Trinajstić information content (AvgIpc) is 3.18. The highest BCUT2D eigenvalue weighted by Crippen LogP contribution is 2.33. The molecule has 2 aromatic rings. The molecule has 0 bridgehead atoms. The average molecular weight is 355 g/mol. The molecule has 1 aliphatic carbocycles. The maximum absolute atomic E-state index is 12.8. The van der Waals surface area contributed by atoms with Crippen LogP contribution >= 0.6 is 0 Å². The molecule has 0 spiro atoms. The van der Waals surface area contributed by atoms with Crippen molar-refractivity contribution in [3.8, 4) is 5.75 Å². The van der Waals surface area contributed by atoms with E-state index in [0.717, 1.165) is 30.6 Å². The van der Waals surface area contributed by atoms with Gasteiger partial charge in [0.1, 0.15) is 11.3 Å². The Balaban J connectivity index is 1.44. The molecule has 1 unspecified atom stereocenters. The summed E-state index contributed by atoms with van der Waals surface area (Å²) in [6.45, 7) is 1.89. The van der Waals surface area contributed by atoms with Gasteiger partial charge in [-0.1, -0.05) is 19.3 Å². The number of piperidine rings is 1. The van der Waals surface area contributed by atoms with E-state index < -0.39 is 0 Å². The first-order valence-corrected chi connectivity index (χ1v) is 10.1. The zero-order chi connectivity index (χ0) is 17.9. The Bertz CT molecular complexity index is 807. The van der Waals surface area contributed by atoms with Crippen LogP contribution in [0.4, 0.5) is 0 Å². The van der Waals surface area contributed by atoms with Crippen LogP contribution in [0.2, 0.25) is 0 Å². The monoisotopic (exact) mass is 355 g/mol. The summed E-state index contributed by atoms with van der Waals surface area (Å²) in [6.07, 6.45) is 11.2. The highest BCUT2D eigenvalue weighted by Gasteiger charge is 2.22. The van der Waals surface area contributed by atoms with E-state index in [4.69, 9.17) is 9.15 Å². The molecule has 26 heavy (non-hydrogen) atoms. The lowest BCUT2D eigenvalue weighted by molar-refractivity contribution is 0.153. The van der Waals surface area contributed by atoms with Crippen LogP contribution in [0.1, 0.15) is 62.8 Å². The third-order valence-electron chi connectivity index (χ3n) is 6.21. The van der Waals surface area contributed by atoms with Crippen molar-refractivity contribution in [3.05, 3.63) is 40.2 Å². The molecule has 4 heteroatoms. The van der Waals surface area contributed by atoms with Crippen LogP contribution in [-0.2, 0) is 0 Å². The van der Waals surface area contributed by atoms with Crippen molar-refractivity contribution in [3.63, 3.8) is 0 Å². The van der Waals surface area contributed by atoms with Crippen molar-refractivity contribution in [2.75, 3.05) is 20.2 Å². The zero-order valence-electron chi connectivity index (χ0n) is 15.7. The van der Waals surface area contributed by atoms with Crippen LogP contribution in [0.3, 0.4) is 0 Å². The number of likely N-dealkylation sites (tertiary alicyclic amines) is 1. The Morgan fingerprint density at radius 3 is 2.77 bits per heavy atom. The van der Waals surface area contributed by atoms with Gasteiger partial charge in [-0.15, -0.1) is 0 Å². The lowest BCUT2D eigenvalue weighted by atomic mass is 9.98. The summed E-state index contributed by atoms with van der Waals surface area (Å²) in [5.41, 5.74) is 1.61. The second-order valence-corrected chi connectivity index (χ2v) is 7.93. The summed E-state index contributed by atoms with van der Waals surface area (Å²) in [5, 5.41) is 0.675. The van der Waals surface area contributed by atoms with E-state index in [1.165, 1.54) is 38.6 Å². The lowest BCUT2D eigenvalue weighted by Crippen LogP contribution is -2.37. The van der Waals surface area contributed by atoms with Crippen LogP contribution in [-0.4, -0.2) is 31.1 Å². The van der Waals surface area contributed by atoms with E-state index in [1.807, 2.05) is 18.2 Å². The normalized spacial score (nSPS) is 22.1. The number of nitrogens with zero attached hydrogens (tertiary/aromatic N) is 1. The third kappa shape index (κ3) is 3.66. The highest BCUT2D eigenvalue weighted by molar-refractivity contribution is 5.78. The van der Waals surface area contributed by atoms with Gasteiger partial charge in [0.2, 0.25) is 0 Å². The molecule has 0 amide bonds. The highest BCUT2D eigenvalue weighted by atomic mass is 16.5. The summed E-state index contributed by atoms with van der Waals surface area (Å²) >= 11 is 0. The second-order valence-electron chi connectivity index (χ2n) is 7.93. The molecule has 1 saturated heterocycles. The van der Waals surface area contributed by atoms with Crippen LogP contribution in [0.5, 0.6) is 5.75 Å². The fraction of sp³-hybridized carbons (Fsp3) is 0.591. The topological polar surface area (TPSA) is 42.7 Å². The van der Waals surface area contributed by atoms with Crippen LogP contribution < -0.4 is 10.2 Å². The molecule has 0 radical (unpaired) electrons. The fourth-order valence-corrected chi connectivity index (χ4v) is 4.55. The molecule has 0 N–H and O–H groups in total. The van der Waals surface area contributed by atoms with Gasteiger partial charge in [-0.25, -0.2) is 0 Å². The van der Waals surface area contributed by atoms with Gasteiger partial charge in [0.05, 0.1) is 18.3 Å². The van der Waals surface area contributed by atoms with Crippen LogP contribution in [0, 0.1) is 0 Å². The van der Waals surface area contributed by atoms with Gasteiger partial charge >= 0.3 is 0 Å². The molecule has 1 aromatic heterocycles. The smallest absolute Gasteiger partial charge is 0.196 e. The van der Waals surface area contributed by atoms with Crippen molar-refractivity contribution < 1.29 is 9.15 Å². The number of benzene rings is 1. The van der Waals surface area contributed by atoms with Crippen LogP contribution in [0.25, 0.3) is 11.0 Å². The maximum Gasteiger partial charge on any atom is 0.196 e. The molecule has 1 aliphatic heterocycles. The van der Waals surface area contributed by atoms with E-state index in [2.05, 4.69) is 11.9 Å². The molecule has 1 atom stereocenters. The number of hydrogen-bond donors (Lipinski definition) is 0. The summed E-state index contributed by atoms with van der Waals surface area (Å²) in [6, 6.07) is 6.25. The van der Waals surface area contributed by atoms with Gasteiger partial charge in [0, 0.05) is 17.7 Å². The molecule has 140 valence electrons. The molecular weight excluding hydrogens is 326 g/mol. The van der Waals surface area contributed by atoms with E-state index in [0.29, 0.717) is 29.5 Å². The quantitative estimate of drug-likeness (QED) is 0.779. The molecule has 2 aliphatic rings. The van der Waals surface area contributed by atoms with Crippen molar-refractivity contribution in [2.45, 2.75) is 63.3 Å². The summed E-state index contributed by atoms with van der Waals surface area (Å²) in [5.74, 6) is 1.16. The Morgan fingerprint density at radius 2 is 1.96 bits per heavy atom. The molecule has 2 heterocycles. The molecule has 4 nitrogen and oxygen atoms in total. The largest absolute Gasteiger partial charge is 0.493 e. The minimum Gasteiger partial charge on any atom is -0.493 e. The van der Waals surface area contributed by atoms with E-state index in [1.54, 1.807) is 6.26 Å². The van der Waals surface area contributed by atoms with Gasteiger partial charge in [-0.2, -0.15) is 0 Å². The van der Waals surface area contributed by atoms with Gasteiger partial charge < -0.3 is 14.1 Å². The fourth-order valence-electron chi connectivity index (χ4n) is 4.55. The van der Waals surface area contributed by atoms with Crippen molar-refractivity contribution >= 4 is 11.0 Å². The third-order valence-corrected chi connectivity index (χ3v) is 6.21. The first-order chi connectivity index (χ1) is 12.7. The first kappa shape index (κ1) is 17.6. The Morgan fingerprint density at radius 1 is 1.15 bits per heavy atom. The predicted molar refractivity (Wildman–Crippen MR) is 104 cm³/mol. The van der Waals surface area contributed by atoms with E-state index in [9.17, 15) is 4.79 Å². The molecular formula is C22H29NO3. The lowest BCUT2D eigenvalue weighted by Gasteiger charge is -2.32. The van der Waals surface area contributed by atoms with Crippen LogP contribution in [0.15, 0.2) is 33.7 Å². The maximum atomic E-state index is 12.8. The predicted octanol–water partition coefficient (Wildman–Crippen LogP) is 4.70. The van der Waals surface area contributed by atoms with Gasteiger partial charge in [0.15, 0.2) is 5.43 Å². The zero-order valence-corrected chi connectivity index (χ0v) is 15.7. The number of rotatable bonds is 5. The van der Waals surface area contributed by atoms with Gasteiger partial charge in [-0.05, 0) is 63.7 Å². The first-order valence-electron chi connectivity index (χ1n) is 10.1. The standard InChI is InChI=1S/C22H29NO3/c1-23-12-5-4-8-17(23)11-13-25-18-9-10-19-21(14-18)26-15-20(22(19)24)16-6-2-3-7-16/h9-10,14-17H,2-8,11-13H2,1H3. The molecule has 2 fully saturated rings. The van der Waals surface area contributed by atoms with E-state index >= 15 is 0 Å². The summed E-state index contributed by atoms with van der Waals surface area (Å²) < 4.78 is 11.7. The minimum atomic E-state index is 0.133. The second kappa shape index (κ2) is 7.83. The number of fused-ring (bicyclic) bond motifs is 1. The molecule has 1 aromatic carbocycles. The summed E-state index contributed by atoms with van der Waals surface area (Å²) in [7, 11) is 2.20. The summed E-state index contributed by atoms with van der Waals surface area (Å²) in [4.78, 5) is 15.2. The number of ether oxygens (including phenoxy) is 1. The van der Waals surface area contributed by atoms with Gasteiger partial charge in [-0.3, -0.25) is 4.79 Å². The van der Waals surface area contributed by atoms with Crippen molar-refractivity contribution in [1.29, 1.82) is 0 Å². The minimum absolute atomic E-state index is 0.133. The molecule has 1 saturated carbocycles. The number of hydrogen-bond acceptors (Lipinski definition) is 4. The molecule has 4 rings (SSSR count). The van der Waals surface area contributed by atoms with Crippen molar-refractivity contribution in [1.82, 2.24) is 4.90 Å².